The Morgan fingerprint density at radius 2 is 2.41 bits per heavy atom. The second-order valence-corrected chi connectivity index (χ2v) is 5.02. The molecule has 1 unspecified atom stereocenters. The lowest BCUT2D eigenvalue weighted by molar-refractivity contribution is -0.127. The Hall–Kier alpha value is -1.36. The minimum atomic E-state index is -0.333. The minimum Gasteiger partial charge on any atom is -0.338 e. The third-order valence-corrected chi connectivity index (χ3v) is 3.61. The van der Waals surface area contributed by atoms with Gasteiger partial charge in [-0.3, -0.25) is 10.1 Å². The van der Waals surface area contributed by atoms with E-state index >= 15 is 0 Å². The van der Waals surface area contributed by atoms with E-state index in [-0.39, 0.29) is 11.3 Å². The second-order valence-electron chi connectivity index (χ2n) is 5.02. The van der Waals surface area contributed by atoms with Crippen LogP contribution in [0, 0.1) is 18.3 Å². The van der Waals surface area contributed by atoms with Crippen LogP contribution < -0.4 is 10.6 Å². The molecule has 1 atom stereocenters. The molecule has 0 saturated carbocycles. The predicted molar refractivity (Wildman–Crippen MR) is 64.6 cm³/mol. The molecule has 1 aromatic rings. The van der Waals surface area contributed by atoms with Crippen molar-refractivity contribution >= 4 is 11.8 Å². The van der Waals surface area contributed by atoms with Gasteiger partial charge < -0.3 is 9.84 Å². The summed E-state index contributed by atoms with van der Waals surface area (Å²) in [6.07, 6.45) is 0.865. The van der Waals surface area contributed by atoms with Gasteiger partial charge in [0.25, 0.3) is 0 Å². The standard InChI is InChI=1S/C12H19N3O2/c1-8(2)12(4-5-13-7-12)11(16)14-10-6-9(3)15-17-10/h6,8,13H,4-5,7H2,1-3H3,(H,14,16). The number of nitrogens with zero attached hydrogens (tertiary/aromatic N) is 1. The van der Waals surface area contributed by atoms with Crippen LogP contribution in [0.25, 0.3) is 0 Å². The van der Waals surface area contributed by atoms with E-state index in [4.69, 9.17) is 4.52 Å². The smallest absolute Gasteiger partial charge is 0.234 e. The molecule has 1 fully saturated rings. The zero-order valence-electron chi connectivity index (χ0n) is 10.5. The SMILES string of the molecule is Cc1cc(NC(=O)C2(C(C)C)CCNC2)on1. The molecule has 5 heteroatoms. The van der Waals surface area contributed by atoms with E-state index in [1.165, 1.54) is 0 Å². The van der Waals surface area contributed by atoms with E-state index in [2.05, 4.69) is 29.6 Å². The van der Waals surface area contributed by atoms with Crippen LogP contribution in [0.1, 0.15) is 26.0 Å². The summed E-state index contributed by atoms with van der Waals surface area (Å²) in [5.41, 5.74) is 0.434. The van der Waals surface area contributed by atoms with E-state index in [0.717, 1.165) is 25.2 Å². The third-order valence-electron chi connectivity index (χ3n) is 3.61. The van der Waals surface area contributed by atoms with Crippen LogP contribution in [-0.4, -0.2) is 24.2 Å². The fourth-order valence-corrected chi connectivity index (χ4v) is 2.32. The lowest BCUT2D eigenvalue weighted by atomic mass is 9.75. The molecule has 2 heterocycles. The Labute approximate surface area is 101 Å². The summed E-state index contributed by atoms with van der Waals surface area (Å²) in [6, 6.07) is 1.73. The summed E-state index contributed by atoms with van der Waals surface area (Å²) < 4.78 is 5.02. The summed E-state index contributed by atoms with van der Waals surface area (Å²) in [7, 11) is 0. The van der Waals surface area contributed by atoms with Crippen molar-refractivity contribution in [3.05, 3.63) is 11.8 Å². The largest absolute Gasteiger partial charge is 0.338 e. The van der Waals surface area contributed by atoms with Crippen LogP contribution in [-0.2, 0) is 4.79 Å². The van der Waals surface area contributed by atoms with Gasteiger partial charge in [-0.05, 0) is 25.8 Å². The van der Waals surface area contributed by atoms with Crippen LogP contribution in [0.3, 0.4) is 0 Å². The van der Waals surface area contributed by atoms with Gasteiger partial charge in [-0.2, -0.15) is 0 Å². The van der Waals surface area contributed by atoms with E-state index in [1.807, 2.05) is 6.92 Å². The maximum atomic E-state index is 12.3. The van der Waals surface area contributed by atoms with Crippen molar-refractivity contribution in [1.82, 2.24) is 10.5 Å². The van der Waals surface area contributed by atoms with Crippen molar-refractivity contribution in [2.24, 2.45) is 11.3 Å². The molecule has 1 aliphatic heterocycles. The van der Waals surface area contributed by atoms with Crippen molar-refractivity contribution in [3.8, 4) is 0 Å². The van der Waals surface area contributed by atoms with Crippen molar-refractivity contribution in [2.45, 2.75) is 27.2 Å². The van der Waals surface area contributed by atoms with E-state index in [1.54, 1.807) is 6.07 Å². The zero-order valence-corrected chi connectivity index (χ0v) is 10.5. The number of nitrogens with one attached hydrogen (secondary N) is 2. The van der Waals surface area contributed by atoms with Crippen LogP contribution in [0.2, 0.25) is 0 Å². The van der Waals surface area contributed by atoms with E-state index in [9.17, 15) is 4.79 Å². The normalized spacial score (nSPS) is 24.2. The molecule has 0 radical (unpaired) electrons. The van der Waals surface area contributed by atoms with Gasteiger partial charge in [-0.25, -0.2) is 0 Å². The molecule has 0 spiro atoms. The lowest BCUT2D eigenvalue weighted by Gasteiger charge is -2.30. The number of rotatable bonds is 3. The fraction of sp³-hybridized carbons (Fsp3) is 0.667. The maximum Gasteiger partial charge on any atom is 0.234 e. The number of amides is 1. The van der Waals surface area contributed by atoms with Gasteiger partial charge >= 0.3 is 0 Å². The molecule has 5 nitrogen and oxygen atoms in total. The van der Waals surface area contributed by atoms with E-state index in [0.29, 0.717) is 11.8 Å². The predicted octanol–water partition coefficient (Wildman–Crippen LogP) is 1.56. The average Bonchev–Trinajstić information content (AvgIpc) is 2.87. The van der Waals surface area contributed by atoms with Crippen molar-refractivity contribution in [1.29, 1.82) is 0 Å². The topological polar surface area (TPSA) is 67.2 Å². The summed E-state index contributed by atoms with van der Waals surface area (Å²) in [5.74, 6) is 0.745. The quantitative estimate of drug-likeness (QED) is 0.837. The molecule has 0 aliphatic carbocycles. The minimum absolute atomic E-state index is 0.0219. The first-order valence-corrected chi connectivity index (χ1v) is 6.00. The molecule has 94 valence electrons. The van der Waals surface area contributed by atoms with Crippen LogP contribution in [0.4, 0.5) is 5.88 Å². The maximum absolute atomic E-state index is 12.3. The fourth-order valence-electron chi connectivity index (χ4n) is 2.32. The van der Waals surface area contributed by atoms with Gasteiger partial charge in [0.1, 0.15) is 0 Å². The lowest BCUT2D eigenvalue weighted by Crippen LogP contribution is -2.42. The summed E-state index contributed by atoms with van der Waals surface area (Å²) in [4.78, 5) is 12.3. The number of hydrogen-bond donors (Lipinski definition) is 2. The molecular weight excluding hydrogens is 218 g/mol. The highest BCUT2D eigenvalue weighted by Crippen LogP contribution is 2.35. The summed E-state index contributed by atoms with van der Waals surface area (Å²) in [6.45, 7) is 7.61. The molecule has 1 saturated heterocycles. The van der Waals surface area contributed by atoms with Crippen molar-refractivity contribution in [2.75, 3.05) is 18.4 Å². The van der Waals surface area contributed by atoms with Gasteiger partial charge in [0.2, 0.25) is 11.8 Å². The number of aromatic nitrogens is 1. The van der Waals surface area contributed by atoms with Crippen molar-refractivity contribution in [3.63, 3.8) is 0 Å². The third kappa shape index (κ3) is 2.20. The first kappa shape index (κ1) is 12.1. The first-order valence-electron chi connectivity index (χ1n) is 6.00. The van der Waals surface area contributed by atoms with Gasteiger partial charge in [0.15, 0.2) is 0 Å². The molecule has 1 amide bonds. The zero-order chi connectivity index (χ0) is 12.5. The highest BCUT2D eigenvalue weighted by Gasteiger charge is 2.44. The van der Waals surface area contributed by atoms with Crippen LogP contribution >= 0.6 is 0 Å². The Kier molecular flexibility index (Phi) is 3.19. The number of hydrogen-bond acceptors (Lipinski definition) is 4. The molecule has 2 rings (SSSR count). The number of anilines is 1. The molecule has 1 aromatic heterocycles. The Bertz CT molecular complexity index is 406. The van der Waals surface area contributed by atoms with Crippen LogP contribution in [0.15, 0.2) is 10.6 Å². The van der Waals surface area contributed by atoms with Crippen LogP contribution in [0.5, 0.6) is 0 Å². The highest BCUT2D eigenvalue weighted by atomic mass is 16.5. The number of carbonyl (C=O) groups excluding carboxylic acids is 1. The number of carbonyl (C=O) groups is 1. The van der Waals surface area contributed by atoms with Gasteiger partial charge in [-0.1, -0.05) is 19.0 Å². The highest BCUT2D eigenvalue weighted by molar-refractivity contribution is 5.94. The Balaban J connectivity index is 2.12. The molecule has 0 aromatic carbocycles. The first-order chi connectivity index (χ1) is 8.04. The monoisotopic (exact) mass is 237 g/mol. The molecule has 17 heavy (non-hydrogen) atoms. The van der Waals surface area contributed by atoms with Crippen molar-refractivity contribution < 1.29 is 9.32 Å². The Morgan fingerprint density at radius 1 is 1.65 bits per heavy atom. The molecule has 1 aliphatic rings. The van der Waals surface area contributed by atoms with Gasteiger partial charge in [0, 0.05) is 12.6 Å². The molecule has 0 bridgehead atoms. The second kappa shape index (κ2) is 4.49. The number of aryl methyl sites for hydroxylation is 1. The summed E-state index contributed by atoms with van der Waals surface area (Å²) in [5, 5.41) is 9.84. The van der Waals surface area contributed by atoms with Gasteiger partial charge in [-0.15, -0.1) is 0 Å². The summed E-state index contributed by atoms with van der Waals surface area (Å²) >= 11 is 0. The average molecular weight is 237 g/mol. The molecule has 2 N–H and O–H groups in total. The van der Waals surface area contributed by atoms with E-state index < -0.39 is 0 Å². The van der Waals surface area contributed by atoms with Gasteiger partial charge in [0.05, 0.1) is 11.1 Å². The molecular formula is C12H19N3O2. The Morgan fingerprint density at radius 3 is 2.88 bits per heavy atom.